The van der Waals surface area contributed by atoms with E-state index >= 15 is 0 Å². The molecule has 0 saturated heterocycles. The molecule has 0 unspecified atom stereocenters. The lowest BCUT2D eigenvalue weighted by Gasteiger charge is -2.28. The van der Waals surface area contributed by atoms with Crippen LogP contribution < -0.4 is 5.32 Å². The van der Waals surface area contributed by atoms with E-state index in [2.05, 4.69) is 14.8 Å². The van der Waals surface area contributed by atoms with Gasteiger partial charge in [-0.05, 0) is 27.7 Å². The summed E-state index contributed by atoms with van der Waals surface area (Å²) in [5.41, 5.74) is -0.174. The topological polar surface area (TPSA) is 84.9 Å². The van der Waals surface area contributed by atoms with E-state index in [0.717, 1.165) is 11.0 Å². The van der Waals surface area contributed by atoms with Crippen molar-refractivity contribution in [2.24, 2.45) is 0 Å². The molecule has 0 aliphatic carbocycles. The van der Waals surface area contributed by atoms with Gasteiger partial charge in [-0.3, -0.25) is 4.90 Å². The summed E-state index contributed by atoms with van der Waals surface area (Å²) in [5.74, 6) is -1.53. The molecule has 1 N–H and O–H groups in total. The third-order valence-corrected chi connectivity index (χ3v) is 2.26. The van der Waals surface area contributed by atoms with Gasteiger partial charge < -0.3 is 14.8 Å². The number of carbonyl (C=O) groups excluding carboxylic acids is 3. The van der Waals surface area contributed by atoms with Gasteiger partial charge in [0.05, 0.1) is 20.3 Å². The maximum Gasteiger partial charge on any atom is 0.355 e. The highest BCUT2D eigenvalue weighted by Gasteiger charge is 2.28. The van der Waals surface area contributed by atoms with Crippen molar-refractivity contribution in [1.29, 1.82) is 0 Å². The molecule has 114 valence electrons. The van der Waals surface area contributed by atoms with Crippen molar-refractivity contribution in [3.63, 3.8) is 0 Å². The van der Waals surface area contributed by atoms with Crippen molar-refractivity contribution >= 4 is 18.0 Å². The molecule has 0 atom stereocenters. The number of rotatable bonds is 5. The van der Waals surface area contributed by atoms with Crippen molar-refractivity contribution in [3.05, 3.63) is 11.8 Å². The van der Waals surface area contributed by atoms with E-state index in [1.807, 2.05) is 0 Å². The van der Waals surface area contributed by atoms with Crippen LogP contribution in [0, 0.1) is 0 Å². The maximum absolute atomic E-state index is 12.1. The number of methoxy groups -OCH3 is 2. The molecule has 7 nitrogen and oxygen atoms in total. The summed E-state index contributed by atoms with van der Waals surface area (Å²) in [6.07, 6.45) is 0.936. The molecule has 0 aliphatic heterocycles. The van der Waals surface area contributed by atoms with Crippen LogP contribution in [0.25, 0.3) is 0 Å². The summed E-state index contributed by atoms with van der Waals surface area (Å²) < 4.78 is 9.09. The molecule has 0 rings (SSSR count). The number of esters is 2. The zero-order chi connectivity index (χ0) is 15.9. The maximum atomic E-state index is 12.1. The first-order valence-electron chi connectivity index (χ1n) is 6.22. The third kappa shape index (κ3) is 5.29. The lowest BCUT2D eigenvalue weighted by atomic mass is 10.2. The minimum Gasteiger partial charge on any atom is -0.466 e. The standard InChI is InChI=1S/C13H22N2O5/c1-8(2)14-13(18)15(9(3)4)10(12(17)20-6)7-11(16)19-5/h7-9H,1-6H3,(H,14,18)/b10-7+. The second-order valence-corrected chi connectivity index (χ2v) is 4.61. The number of carbonyl (C=O) groups is 3. The number of hydrogen-bond acceptors (Lipinski definition) is 5. The Hall–Kier alpha value is -2.05. The van der Waals surface area contributed by atoms with E-state index < -0.39 is 18.0 Å². The first-order chi connectivity index (χ1) is 9.24. The number of urea groups is 1. The van der Waals surface area contributed by atoms with Gasteiger partial charge in [0, 0.05) is 12.1 Å². The fourth-order valence-corrected chi connectivity index (χ4v) is 1.44. The van der Waals surface area contributed by atoms with E-state index in [1.54, 1.807) is 27.7 Å². The average Bonchev–Trinajstić information content (AvgIpc) is 2.35. The monoisotopic (exact) mass is 286 g/mol. The van der Waals surface area contributed by atoms with E-state index in [9.17, 15) is 14.4 Å². The van der Waals surface area contributed by atoms with Crippen molar-refractivity contribution in [2.45, 2.75) is 39.8 Å². The average molecular weight is 286 g/mol. The molecule has 0 aliphatic rings. The summed E-state index contributed by atoms with van der Waals surface area (Å²) in [4.78, 5) is 36.4. The lowest BCUT2D eigenvalue weighted by molar-refractivity contribution is -0.139. The van der Waals surface area contributed by atoms with Crippen LogP contribution in [0.15, 0.2) is 11.8 Å². The Labute approximate surface area is 118 Å². The zero-order valence-electron chi connectivity index (χ0n) is 12.7. The molecule has 0 spiro atoms. The number of hydrogen-bond donors (Lipinski definition) is 1. The second-order valence-electron chi connectivity index (χ2n) is 4.61. The van der Waals surface area contributed by atoms with Crippen LogP contribution in [0.3, 0.4) is 0 Å². The molecule has 0 fully saturated rings. The molecule has 0 heterocycles. The smallest absolute Gasteiger partial charge is 0.355 e. The van der Waals surface area contributed by atoms with Crippen LogP contribution in [0.1, 0.15) is 27.7 Å². The first kappa shape index (κ1) is 17.9. The highest BCUT2D eigenvalue weighted by atomic mass is 16.5. The fraction of sp³-hybridized carbons (Fsp3) is 0.615. The van der Waals surface area contributed by atoms with Crippen LogP contribution >= 0.6 is 0 Å². The van der Waals surface area contributed by atoms with Gasteiger partial charge in [0.25, 0.3) is 0 Å². The molecule has 0 aromatic carbocycles. The predicted octanol–water partition coefficient (Wildman–Crippen LogP) is 1.04. The van der Waals surface area contributed by atoms with E-state index in [0.29, 0.717) is 0 Å². The minimum atomic E-state index is -0.789. The molecule has 0 radical (unpaired) electrons. The van der Waals surface area contributed by atoms with Crippen LogP contribution in [-0.2, 0) is 19.1 Å². The molecule has 0 aromatic heterocycles. The van der Waals surface area contributed by atoms with Gasteiger partial charge in [0.1, 0.15) is 5.70 Å². The summed E-state index contributed by atoms with van der Waals surface area (Å²) in [5, 5.41) is 2.66. The minimum absolute atomic E-state index is 0.110. The predicted molar refractivity (Wildman–Crippen MR) is 72.8 cm³/mol. The molecule has 20 heavy (non-hydrogen) atoms. The summed E-state index contributed by atoms with van der Waals surface area (Å²) in [6.45, 7) is 7.01. The van der Waals surface area contributed by atoms with Gasteiger partial charge in [-0.25, -0.2) is 14.4 Å². The SMILES string of the molecule is COC(=O)/C=C(\C(=O)OC)N(C(=O)NC(C)C)C(C)C. The number of nitrogens with one attached hydrogen (secondary N) is 1. The molecule has 0 bridgehead atoms. The molecule has 2 amide bonds. The van der Waals surface area contributed by atoms with Crippen molar-refractivity contribution < 1.29 is 23.9 Å². The number of ether oxygens (including phenoxy) is 2. The molecule has 7 heteroatoms. The Kier molecular flexibility index (Phi) is 7.35. The quantitative estimate of drug-likeness (QED) is 0.603. The van der Waals surface area contributed by atoms with Crippen LogP contribution in [0.5, 0.6) is 0 Å². The lowest BCUT2D eigenvalue weighted by Crippen LogP contribution is -2.47. The molecule has 0 saturated carbocycles. The largest absolute Gasteiger partial charge is 0.466 e. The fourth-order valence-electron chi connectivity index (χ4n) is 1.44. The summed E-state index contributed by atoms with van der Waals surface area (Å²) in [7, 11) is 2.36. The van der Waals surface area contributed by atoms with Crippen molar-refractivity contribution in [1.82, 2.24) is 10.2 Å². The van der Waals surface area contributed by atoms with Gasteiger partial charge in [-0.1, -0.05) is 0 Å². The first-order valence-corrected chi connectivity index (χ1v) is 6.22. The summed E-state index contributed by atoms with van der Waals surface area (Å²) in [6, 6.07) is -0.944. The van der Waals surface area contributed by atoms with Crippen LogP contribution in [0.4, 0.5) is 4.79 Å². The van der Waals surface area contributed by atoms with Crippen LogP contribution in [0.2, 0.25) is 0 Å². The van der Waals surface area contributed by atoms with Gasteiger partial charge in [0.15, 0.2) is 0 Å². The number of nitrogens with zero attached hydrogens (tertiary/aromatic N) is 1. The number of amides is 2. The van der Waals surface area contributed by atoms with E-state index in [1.165, 1.54) is 14.2 Å². The third-order valence-electron chi connectivity index (χ3n) is 2.26. The van der Waals surface area contributed by atoms with Crippen LogP contribution in [-0.4, -0.2) is 49.2 Å². The summed E-state index contributed by atoms with van der Waals surface area (Å²) >= 11 is 0. The second kappa shape index (κ2) is 8.19. The molecule has 0 aromatic rings. The van der Waals surface area contributed by atoms with E-state index in [4.69, 9.17) is 0 Å². The van der Waals surface area contributed by atoms with Gasteiger partial charge in [-0.15, -0.1) is 0 Å². The van der Waals surface area contributed by atoms with E-state index in [-0.39, 0.29) is 17.8 Å². The van der Waals surface area contributed by atoms with Crippen molar-refractivity contribution in [3.8, 4) is 0 Å². The Bertz CT molecular complexity index is 402. The van der Waals surface area contributed by atoms with Gasteiger partial charge in [0.2, 0.25) is 0 Å². The van der Waals surface area contributed by atoms with Gasteiger partial charge >= 0.3 is 18.0 Å². The zero-order valence-corrected chi connectivity index (χ0v) is 12.7. The highest BCUT2D eigenvalue weighted by Crippen LogP contribution is 2.12. The Morgan fingerprint density at radius 1 is 1.05 bits per heavy atom. The molecular formula is C13H22N2O5. The van der Waals surface area contributed by atoms with Gasteiger partial charge in [-0.2, -0.15) is 0 Å². The Morgan fingerprint density at radius 3 is 1.95 bits per heavy atom. The molecular weight excluding hydrogens is 264 g/mol. The normalized spacial score (nSPS) is 11.3. The highest BCUT2D eigenvalue weighted by molar-refractivity contribution is 5.99. The van der Waals surface area contributed by atoms with Crippen molar-refractivity contribution in [2.75, 3.05) is 14.2 Å². The Balaban J connectivity index is 5.55. The Morgan fingerprint density at radius 2 is 1.60 bits per heavy atom.